The molecule has 94 valence electrons. The van der Waals surface area contributed by atoms with Gasteiger partial charge in [0.2, 0.25) is 0 Å². The summed E-state index contributed by atoms with van der Waals surface area (Å²) in [5.41, 5.74) is 0. The Morgan fingerprint density at radius 2 is 2.38 bits per heavy atom. The second-order valence-electron chi connectivity index (χ2n) is 4.52. The molecule has 0 aromatic rings. The molecule has 0 spiro atoms. The number of hydrogen-bond donors (Lipinski definition) is 1. The number of carbonyl (C=O) groups is 1. The fourth-order valence-corrected chi connectivity index (χ4v) is 2.19. The number of esters is 1. The van der Waals surface area contributed by atoms with E-state index in [1.165, 1.54) is 26.4 Å². The van der Waals surface area contributed by atoms with E-state index in [1.54, 1.807) is 0 Å². The van der Waals surface area contributed by atoms with E-state index in [4.69, 9.17) is 4.74 Å². The molecule has 1 aliphatic rings. The predicted molar refractivity (Wildman–Crippen MR) is 64.3 cm³/mol. The van der Waals surface area contributed by atoms with Crippen molar-refractivity contribution in [3.8, 4) is 0 Å². The summed E-state index contributed by atoms with van der Waals surface area (Å²) in [4.78, 5) is 13.4. The molecule has 1 aliphatic heterocycles. The molecular formula is C12H24N2O2. The lowest BCUT2D eigenvalue weighted by atomic mass is 9.98. The molecule has 16 heavy (non-hydrogen) atoms. The van der Waals surface area contributed by atoms with E-state index in [0.29, 0.717) is 12.5 Å². The van der Waals surface area contributed by atoms with Crippen LogP contribution in [0.1, 0.15) is 26.2 Å². The summed E-state index contributed by atoms with van der Waals surface area (Å²) in [5.74, 6) is 0.562. The molecule has 0 bridgehead atoms. The Bertz CT molecular complexity index is 209. The minimum absolute atomic E-state index is 0.123. The summed E-state index contributed by atoms with van der Waals surface area (Å²) >= 11 is 0. The zero-order valence-corrected chi connectivity index (χ0v) is 10.5. The molecule has 1 heterocycles. The van der Waals surface area contributed by atoms with Crippen LogP contribution in [0.2, 0.25) is 0 Å². The summed E-state index contributed by atoms with van der Waals surface area (Å²) in [5, 5.41) is 3.45. The van der Waals surface area contributed by atoms with Crippen LogP contribution in [0.4, 0.5) is 0 Å². The van der Waals surface area contributed by atoms with Crippen LogP contribution in [0.25, 0.3) is 0 Å². The summed E-state index contributed by atoms with van der Waals surface area (Å²) in [6.07, 6.45) is 3.64. The van der Waals surface area contributed by atoms with E-state index >= 15 is 0 Å². The largest absolute Gasteiger partial charge is 0.468 e. The molecule has 1 atom stereocenters. The van der Waals surface area contributed by atoms with Crippen LogP contribution < -0.4 is 5.32 Å². The molecule has 0 amide bonds. The lowest BCUT2D eigenvalue weighted by molar-refractivity contribution is -0.142. The highest BCUT2D eigenvalue weighted by Crippen LogP contribution is 2.15. The second-order valence-corrected chi connectivity index (χ2v) is 4.52. The number of ether oxygens (including phenoxy) is 1. The zero-order valence-electron chi connectivity index (χ0n) is 10.5. The third-order valence-corrected chi connectivity index (χ3v) is 3.04. The Morgan fingerprint density at radius 3 is 3.06 bits per heavy atom. The molecule has 1 unspecified atom stereocenters. The molecular weight excluding hydrogens is 204 g/mol. The molecule has 0 aliphatic carbocycles. The maximum Gasteiger partial charge on any atom is 0.319 e. The average Bonchev–Trinajstić information content (AvgIpc) is 2.30. The number of likely N-dealkylation sites (tertiary alicyclic amines) is 1. The normalized spacial score (nSPS) is 22.0. The van der Waals surface area contributed by atoms with E-state index in [1.807, 2.05) is 0 Å². The van der Waals surface area contributed by atoms with Crippen molar-refractivity contribution in [1.29, 1.82) is 0 Å². The van der Waals surface area contributed by atoms with Gasteiger partial charge in [-0.15, -0.1) is 0 Å². The SMILES string of the molecule is CCCNCC1CCCN(CC(=O)OC)C1. The van der Waals surface area contributed by atoms with Crippen molar-refractivity contribution in [2.24, 2.45) is 5.92 Å². The first-order valence-corrected chi connectivity index (χ1v) is 6.26. The topological polar surface area (TPSA) is 41.6 Å². The quantitative estimate of drug-likeness (QED) is 0.541. The van der Waals surface area contributed by atoms with Crippen molar-refractivity contribution < 1.29 is 9.53 Å². The molecule has 0 aromatic heterocycles. The highest BCUT2D eigenvalue weighted by molar-refractivity contribution is 5.71. The molecule has 0 saturated carbocycles. The van der Waals surface area contributed by atoms with Crippen LogP contribution in [0.3, 0.4) is 0 Å². The van der Waals surface area contributed by atoms with Crippen molar-refractivity contribution in [2.75, 3.05) is 39.8 Å². The fourth-order valence-electron chi connectivity index (χ4n) is 2.19. The van der Waals surface area contributed by atoms with Crippen LogP contribution >= 0.6 is 0 Å². The van der Waals surface area contributed by atoms with Crippen molar-refractivity contribution in [2.45, 2.75) is 26.2 Å². The fraction of sp³-hybridized carbons (Fsp3) is 0.917. The molecule has 4 heteroatoms. The summed E-state index contributed by atoms with van der Waals surface area (Å²) in [7, 11) is 1.45. The molecule has 4 nitrogen and oxygen atoms in total. The smallest absolute Gasteiger partial charge is 0.319 e. The first-order valence-electron chi connectivity index (χ1n) is 6.26. The molecule has 0 radical (unpaired) electrons. The average molecular weight is 228 g/mol. The van der Waals surface area contributed by atoms with Gasteiger partial charge >= 0.3 is 5.97 Å². The summed E-state index contributed by atoms with van der Waals surface area (Å²) in [6.45, 7) is 6.84. The van der Waals surface area contributed by atoms with Gasteiger partial charge < -0.3 is 10.1 Å². The summed E-state index contributed by atoms with van der Waals surface area (Å²) < 4.78 is 4.69. The number of piperidine rings is 1. The van der Waals surface area contributed by atoms with Gasteiger partial charge in [0.25, 0.3) is 0 Å². The first-order chi connectivity index (χ1) is 7.76. The standard InChI is InChI=1S/C12H24N2O2/c1-3-6-13-8-11-5-4-7-14(9-11)10-12(15)16-2/h11,13H,3-10H2,1-2H3. The van der Waals surface area contributed by atoms with E-state index in [9.17, 15) is 4.79 Å². The molecule has 1 N–H and O–H groups in total. The molecule has 0 aromatic carbocycles. The maximum absolute atomic E-state index is 11.2. The minimum Gasteiger partial charge on any atom is -0.468 e. The number of hydrogen-bond acceptors (Lipinski definition) is 4. The van der Waals surface area contributed by atoms with Crippen molar-refractivity contribution in [3.05, 3.63) is 0 Å². The lowest BCUT2D eigenvalue weighted by Gasteiger charge is -2.31. The van der Waals surface area contributed by atoms with Gasteiger partial charge in [-0.25, -0.2) is 0 Å². The predicted octanol–water partition coefficient (Wildman–Crippen LogP) is 0.871. The van der Waals surface area contributed by atoms with Gasteiger partial charge in [0, 0.05) is 6.54 Å². The van der Waals surface area contributed by atoms with Gasteiger partial charge in [0.1, 0.15) is 0 Å². The van der Waals surface area contributed by atoms with Gasteiger partial charge in [-0.05, 0) is 44.8 Å². The van der Waals surface area contributed by atoms with Crippen LogP contribution in [0.15, 0.2) is 0 Å². The molecule has 1 rings (SSSR count). The number of methoxy groups -OCH3 is 1. The highest BCUT2D eigenvalue weighted by Gasteiger charge is 2.21. The Labute approximate surface area is 98.3 Å². The molecule has 1 saturated heterocycles. The third kappa shape index (κ3) is 4.94. The number of nitrogens with one attached hydrogen (secondary N) is 1. The Hall–Kier alpha value is -0.610. The van der Waals surface area contributed by atoms with Gasteiger partial charge in [0.05, 0.1) is 13.7 Å². The minimum atomic E-state index is -0.123. The van der Waals surface area contributed by atoms with Gasteiger partial charge in [0.15, 0.2) is 0 Å². The molecule has 1 fully saturated rings. The van der Waals surface area contributed by atoms with E-state index in [0.717, 1.165) is 26.2 Å². The number of rotatable bonds is 6. The van der Waals surface area contributed by atoms with E-state index in [2.05, 4.69) is 17.1 Å². The van der Waals surface area contributed by atoms with Crippen molar-refractivity contribution >= 4 is 5.97 Å². The second kappa shape index (κ2) is 7.63. The lowest BCUT2D eigenvalue weighted by Crippen LogP contribution is -2.42. The third-order valence-electron chi connectivity index (χ3n) is 3.04. The van der Waals surface area contributed by atoms with Crippen LogP contribution in [0.5, 0.6) is 0 Å². The van der Waals surface area contributed by atoms with Crippen LogP contribution in [-0.4, -0.2) is 50.7 Å². The number of nitrogens with zero attached hydrogens (tertiary/aromatic N) is 1. The Kier molecular flexibility index (Phi) is 6.42. The van der Waals surface area contributed by atoms with Gasteiger partial charge in [-0.2, -0.15) is 0 Å². The van der Waals surface area contributed by atoms with Gasteiger partial charge in [-0.1, -0.05) is 6.92 Å². The Morgan fingerprint density at radius 1 is 1.56 bits per heavy atom. The first kappa shape index (κ1) is 13.5. The van der Waals surface area contributed by atoms with E-state index in [-0.39, 0.29) is 5.97 Å². The maximum atomic E-state index is 11.2. The zero-order chi connectivity index (χ0) is 11.8. The van der Waals surface area contributed by atoms with Crippen molar-refractivity contribution in [1.82, 2.24) is 10.2 Å². The number of carbonyl (C=O) groups excluding carboxylic acids is 1. The highest BCUT2D eigenvalue weighted by atomic mass is 16.5. The van der Waals surface area contributed by atoms with E-state index < -0.39 is 0 Å². The van der Waals surface area contributed by atoms with Crippen molar-refractivity contribution in [3.63, 3.8) is 0 Å². The Balaban J connectivity index is 2.21. The monoisotopic (exact) mass is 228 g/mol. The van der Waals surface area contributed by atoms with Crippen LogP contribution in [-0.2, 0) is 9.53 Å². The van der Waals surface area contributed by atoms with Gasteiger partial charge in [-0.3, -0.25) is 9.69 Å². The summed E-state index contributed by atoms with van der Waals surface area (Å²) in [6, 6.07) is 0. The van der Waals surface area contributed by atoms with Crippen LogP contribution in [0, 0.1) is 5.92 Å².